The SMILES string of the molecule is [B]CCc1ccc(F)cc1. The van der Waals surface area contributed by atoms with Gasteiger partial charge >= 0.3 is 0 Å². The molecule has 1 rings (SSSR count). The van der Waals surface area contributed by atoms with Crippen molar-refractivity contribution in [2.24, 2.45) is 0 Å². The second-order valence-corrected chi connectivity index (χ2v) is 2.17. The number of hydrogen-bond acceptors (Lipinski definition) is 0. The van der Waals surface area contributed by atoms with Crippen LogP contribution in [-0.4, -0.2) is 7.85 Å². The number of aryl methyl sites for hydroxylation is 1. The molecular weight excluding hydrogens is 126 g/mol. The summed E-state index contributed by atoms with van der Waals surface area (Å²) in [7, 11) is 5.30. The van der Waals surface area contributed by atoms with Crippen LogP contribution in [0.2, 0.25) is 6.32 Å². The number of halogens is 1. The van der Waals surface area contributed by atoms with Crippen LogP contribution in [-0.2, 0) is 6.42 Å². The molecule has 0 fully saturated rings. The molecule has 0 aromatic heterocycles. The van der Waals surface area contributed by atoms with E-state index in [1.165, 1.54) is 12.1 Å². The molecule has 0 N–H and O–H groups in total. The van der Waals surface area contributed by atoms with Gasteiger partial charge < -0.3 is 0 Å². The summed E-state index contributed by atoms with van der Waals surface area (Å²) < 4.78 is 12.3. The Bertz CT molecular complexity index is 193. The average Bonchev–Trinajstić information content (AvgIpc) is 1.95. The van der Waals surface area contributed by atoms with Crippen molar-refractivity contribution in [3.05, 3.63) is 35.6 Å². The Kier molecular flexibility index (Phi) is 2.49. The van der Waals surface area contributed by atoms with Gasteiger partial charge in [-0.05, 0) is 24.1 Å². The lowest BCUT2D eigenvalue weighted by Crippen LogP contribution is -1.83. The molecule has 0 heterocycles. The third kappa shape index (κ3) is 1.87. The molecule has 0 aliphatic heterocycles. The number of rotatable bonds is 2. The maximum Gasteiger partial charge on any atom is 0.123 e. The zero-order chi connectivity index (χ0) is 7.40. The van der Waals surface area contributed by atoms with Gasteiger partial charge in [-0.3, -0.25) is 0 Å². The molecule has 50 valence electrons. The summed E-state index contributed by atoms with van der Waals surface area (Å²) in [4.78, 5) is 0. The van der Waals surface area contributed by atoms with Crippen molar-refractivity contribution in [1.82, 2.24) is 0 Å². The van der Waals surface area contributed by atoms with Gasteiger partial charge in [0.15, 0.2) is 0 Å². The standard InChI is InChI=1S/C8H8BF/c9-6-5-7-1-3-8(10)4-2-7/h1-4H,5-6H2. The maximum atomic E-state index is 12.3. The summed E-state index contributed by atoms with van der Waals surface area (Å²) in [6.07, 6.45) is 1.44. The Morgan fingerprint density at radius 1 is 1.20 bits per heavy atom. The van der Waals surface area contributed by atoms with Gasteiger partial charge in [-0.2, -0.15) is 0 Å². The van der Waals surface area contributed by atoms with E-state index in [1.807, 2.05) is 0 Å². The van der Waals surface area contributed by atoms with Crippen LogP contribution < -0.4 is 0 Å². The molecule has 0 spiro atoms. The lowest BCUT2D eigenvalue weighted by atomic mass is 9.97. The summed E-state index contributed by atoms with van der Waals surface area (Å²) in [6, 6.07) is 6.40. The van der Waals surface area contributed by atoms with Crippen LogP contribution in [0, 0.1) is 5.82 Å². The van der Waals surface area contributed by atoms with E-state index in [9.17, 15) is 4.39 Å². The van der Waals surface area contributed by atoms with Gasteiger partial charge in [0.05, 0.1) is 7.85 Å². The fraction of sp³-hybridized carbons (Fsp3) is 0.250. The van der Waals surface area contributed by atoms with E-state index in [0.29, 0.717) is 6.32 Å². The quantitative estimate of drug-likeness (QED) is 0.542. The predicted molar refractivity (Wildman–Crippen MR) is 40.7 cm³/mol. The lowest BCUT2D eigenvalue weighted by Gasteiger charge is -1.95. The molecule has 10 heavy (non-hydrogen) atoms. The van der Waals surface area contributed by atoms with Gasteiger partial charge in [0.1, 0.15) is 5.82 Å². The van der Waals surface area contributed by atoms with Crippen LogP contribution in [0.3, 0.4) is 0 Å². The van der Waals surface area contributed by atoms with Crippen molar-refractivity contribution >= 4 is 7.85 Å². The highest BCUT2D eigenvalue weighted by molar-refractivity contribution is 6.08. The third-order valence-electron chi connectivity index (χ3n) is 1.35. The van der Waals surface area contributed by atoms with Crippen LogP contribution in [0.15, 0.2) is 24.3 Å². The first kappa shape index (κ1) is 7.32. The summed E-state index contributed by atoms with van der Waals surface area (Å²) in [5, 5.41) is 0. The molecule has 0 saturated carbocycles. The van der Waals surface area contributed by atoms with Crippen molar-refractivity contribution in [2.45, 2.75) is 12.7 Å². The Morgan fingerprint density at radius 2 is 1.80 bits per heavy atom. The Labute approximate surface area is 61.5 Å². The molecule has 0 saturated heterocycles. The Balaban J connectivity index is 2.69. The van der Waals surface area contributed by atoms with Gasteiger partial charge in [0.25, 0.3) is 0 Å². The van der Waals surface area contributed by atoms with E-state index in [4.69, 9.17) is 7.85 Å². The van der Waals surface area contributed by atoms with Crippen molar-refractivity contribution in [2.75, 3.05) is 0 Å². The van der Waals surface area contributed by atoms with Gasteiger partial charge in [-0.1, -0.05) is 18.5 Å². The van der Waals surface area contributed by atoms with Gasteiger partial charge in [-0.25, -0.2) is 4.39 Å². The molecule has 2 heteroatoms. The minimum absolute atomic E-state index is 0.194. The van der Waals surface area contributed by atoms with E-state index in [2.05, 4.69) is 0 Å². The highest BCUT2D eigenvalue weighted by Gasteiger charge is 1.90. The van der Waals surface area contributed by atoms with Crippen LogP contribution in [0.4, 0.5) is 4.39 Å². The highest BCUT2D eigenvalue weighted by atomic mass is 19.1. The van der Waals surface area contributed by atoms with E-state index in [1.54, 1.807) is 12.1 Å². The van der Waals surface area contributed by atoms with E-state index in [-0.39, 0.29) is 5.82 Å². The van der Waals surface area contributed by atoms with Crippen molar-refractivity contribution in [3.8, 4) is 0 Å². The summed E-state index contributed by atoms with van der Waals surface area (Å²) >= 11 is 0. The van der Waals surface area contributed by atoms with Crippen LogP contribution >= 0.6 is 0 Å². The first-order chi connectivity index (χ1) is 4.83. The molecule has 1 aromatic carbocycles. The Morgan fingerprint density at radius 3 is 2.30 bits per heavy atom. The Hall–Kier alpha value is -0.785. The first-order valence-electron chi connectivity index (χ1n) is 3.27. The molecule has 0 aliphatic carbocycles. The van der Waals surface area contributed by atoms with Gasteiger partial charge in [0.2, 0.25) is 0 Å². The third-order valence-corrected chi connectivity index (χ3v) is 1.35. The predicted octanol–water partition coefficient (Wildman–Crippen LogP) is 1.95. The molecule has 0 unspecified atom stereocenters. The van der Waals surface area contributed by atoms with Crippen LogP contribution in [0.1, 0.15) is 5.56 Å². The molecule has 1 aromatic rings. The topological polar surface area (TPSA) is 0 Å². The summed E-state index contributed by atoms with van der Waals surface area (Å²) in [6.45, 7) is 0. The second-order valence-electron chi connectivity index (χ2n) is 2.17. The zero-order valence-corrected chi connectivity index (χ0v) is 5.68. The second kappa shape index (κ2) is 3.40. The smallest absolute Gasteiger partial charge is 0.123 e. The average molecular weight is 134 g/mol. The molecule has 0 aliphatic rings. The van der Waals surface area contributed by atoms with Crippen LogP contribution in [0.25, 0.3) is 0 Å². The fourth-order valence-electron chi connectivity index (χ4n) is 0.818. The van der Waals surface area contributed by atoms with Crippen molar-refractivity contribution < 1.29 is 4.39 Å². The summed E-state index contributed by atoms with van der Waals surface area (Å²) in [5.74, 6) is -0.194. The molecule has 0 atom stereocenters. The van der Waals surface area contributed by atoms with Gasteiger partial charge in [0, 0.05) is 0 Å². The molecule has 0 bridgehead atoms. The minimum Gasteiger partial charge on any atom is -0.207 e. The largest absolute Gasteiger partial charge is 0.207 e. The van der Waals surface area contributed by atoms with Gasteiger partial charge in [-0.15, -0.1) is 0 Å². The van der Waals surface area contributed by atoms with E-state index in [0.717, 1.165) is 12.0 Å². The zero-order valence-electron chi connectivity index (χ0n) is 5.68. The highest BCUT2D eigenvalue weighted by Crippen LogP contribution is 2.03. The number of hydrogen-bond donors (Lipinski definition) is 0. The van der Waals surface area contributed by atoms with E-state index < -0.39 is 0 Å². The molecule has 2 radical (unpaired) electrons. The number of benzene rings is 1. The maximum absolute atomic E-state index is 12.3. The molecular formula is C8H8BF. The van der Waals surface area contributed by atoms with Crippen LogP contribution in [0.5, 0.6) is 0 Å². The van der Waals surface area contributed by atoms with Crippen molar-refractivity contribution in [3.63, 3.8) is 0 Å². The van der Waals surface area contributed by atoms with E-state index >= 15 is 0 Å². The summed E-state index contributed by atoms with van der Waals surface area (Å²) in [5.41, 5.74) is 1.09. The normalized spacial score (nSPS) is 9.70. The fourth-order valence-corrected chi connectivity index (χ4v) is 0.818. The lowest BCUT2D eigenvalue weighted by molar-refractivity contribution is 0.627. The first-order valence-corrected chi connectivity index (χ1v) is 3.27. The van der Waals surface area contributed by atoms with Crippen molar-refractivity contribution in [1.29, 1.82) is 0 Å². The monoisotopic (exact) mass is 134 g/mol. The molecule has 0 amide bonds. The minimum atomic E-state index is -0.194. The molecule has 0 nitrogen and oxygen atoms in total.